The normalized spacial score (nSPS) is 18.3. The molecule has 33 heavy (non-hydrogen) atoms. The van der Waals surface area contributed by atoms with E-state index in [4.69, 9.17) is 17.3 Å². The molecule has 0 fully saturated rings. The van der Waals surface area contributed by atoms with Crippen LogP contribution in [0.2, 0.25) is 5.02 Å². The standard InChI is InChI=1S/C23H24BrClN4O4/c24-23(14-26)9-7-15(8-10-23)19(12-20(30)31)28-22(33)27-18-6-3-11-29(21(18)32)13-16-4-1-2-5-17(16)25/h1-9,11,19H,10,12-14,26H2,(H,30,31)(H2,27,28,33). The van der Waals surface area contributed by atoms with Gasteiger partial charge in [-0.3, -0.25) is 9.59 Å². The number of aliphatic carboxylic acids is 1. The maximum absolute atomic E-state index is 12.8. The Hall–Kier alpha value is -2.88. The number of carboxylic acid groups (broad SMARTS) is 1. The van der Waals surface area contributed by atoms with Gasteiger partial charge in [-0.25, -0.2) is 4.79 Å². The molecule has 10 heteroatoms. The molecule has 1 heterocycles. The summed E-state index contributed by atoms with van der Waals surface area (Å²) >= 11 is 9.73. The Morgan fingerprint density at radius 3 is 2.67 bits per heavy atom. The van der Waals surface area contributed by atoms with Crippen LogP contribution in [0.25, 0.3) is 0 Å². The van der Waals surface area contributed by atoms with Crippen LogP contribution in [0.5, 0.6) is 0 Å². The number of amides is 2. The van der Waals surface area contributed by atoms with E-state index in [-0.39, 0.29) is 23.0 Å². The third kappa shape index (κ3) is 6.56. The predicted molar refractivity (Wildman–Crippen MR) is 132 cm³/mol. The molecule has 0 saturated heterocycles. The van der Waals surface area contributed by atoms with Gasteiger partial charge < -0.3 is 26.0 Å². The van der Waals surface area contributed by atoms with E-state index in [2.05, 4.69) is 26.6 Å². The van der Waals surface area contributed by atoms with E-state index in [1.165, 1.54) is 10.6 Å². The van der Waals surface area contributed by atoms with Crippen molar-refractivity contribution in [2.24, 2.45) is 5.73 Å². The zero-order valence-corrected chi connectivity index (χ0v) is 20.0. The number of carbonyl (C=O) groups is 2. The summed E-state index contributed by atoms with van der Waals surface area (Å²) in [6.45, 7) is 0.615. The summed E-state index contributed by atoms with van der Waals surface area (Å²) in [5, 5.41) is 15.0. The van der Waals surface area contributed by atoms with E-state index in [0.29, 0.717) is 23.6 Å². The molecule has 0 bridgehead atoms. The molecule has 5 N–H and O–H groups in total. The van der Waals surface area contributed by atoms with Crippen molar-refractivity contribution in [2.45, 2.75) is 29.8 Å². The molecular formula is C23H24BrClN4O4. The number of aromatic nitrogens is 1. The predicted octanol–water partition coefficient (Wildman–Crippen LogP) is 3.49. The summed E-state index contributed by atoms with van der Waals surface area (Å²) in [5.41, 5.74) is 6.82. The first-order valence-electron chi connectivity index (χ1n) is 10.2. The van der Waals surface area contributed by atoms with Crippen LogP contribution in [0.1, 0.15) is 18.4 Å². The maximum atomic E-state index is 12.8. The van der Waals surface area contributed by atoms with Crippen LogP contribution < -0.4 is 21.9 Å². The number of hydrogen-bond donors (Lipinski definition) is 4. The van der Waals surface area contributed by atoms with E-state index in [1.807, 2.05) is 24.3 Å². The molecule has 1 aliphatic rings. The molecule has 1 aliphatic carbocycles. The van der Waals surface area contributed by atoms with Gasteiger partial charge in [0.1, 0.15) is 5.69 Å². The van der Waals surface area contributed by atoms with Crippen LogP contribution in [-0.4, -0.2) is 38.6 Å². The zero-order chi connectivity index (χ0) is 24.0. The second-order valence-electron chi connectivity index (χ2n) is 7.68. The number of rotatable bonds is 8. The summed E-state index contributed by atoms with van der Waals surface area (Å²) in [7, 11) is 0. The van der Waals surface area contributed by atoms with Gasteiger partial charge in [0.05, 0.1) is 23.3 Å². The van der Waals surface area contributed by atoms with Gasteiger partial charge in [-0.15, -0.1) is 0 Å². The lowest BCUT2D eigenvalue weighted by atomic mass is 9.92. The van der Waals surface area contributed by atoms with Gasteiger partial charge in [-0.05, 0) is 35.8 Å². The summed E-state index contributed by atoms with van der Waals surface area (Å²) in [6, 6.07) is 8.84. The van der Waals surface area contributed by atoms with Crippen molar-refractivity contribution in [2.75, 3.05) is 11.9 Å². The Kier molecular flexibility index (Phi) is 8.12. The first-order valence-corrected chi connectivity index (χ1v) is 11.4. The van der Waals surface area contributed by atoms with Crippen LogP contribution in [-0.2, 0) is 11.3 Å². The van der Waals surface area contributed by atoms with Crippen LogP contribution >= 0.6 is 27.5 Å². The molecule has 2 atom stereocenters. The highest BCUT2D eigenvalue weighted by molar-refractivity contribution is 9.10. The monoisotopic (exact) mass is 534 g/mol. The molecule has 0 aliphatic heterocycles. The molecule has 1 aromatic carbocycles. The number of benzene rings is 1. The number of alkyl halides is 1. The third-order valence-corrected chi connectivity index (χ3v) is 6.52. The number of nitrogens with one attached hydrogen (secondary N) is 2. The second-order valence-corrected chi connectivity index (χ2v) is 9.66. The molecule has 2 unspecified atom stereocenters. The molecule has 3 rings (SSSR count). The largest absolute Gasteiger partial charge is 0.481 e. The second kappa shape index (κ2) is 10.8. The Morgan fingerprint density at radius 2 is 2.03 bits per heavy atom. The van der Waals surface area contributed by atoms with Crippen LogP contribution in [0.3, 0.4) is 0 Å². The minimum absolute atomic E-state index is 0.0619. The molecule has 0 radical (unpaired) electrons. The highest BCUT2D eigenvalue weighted by Gasteiger charge is 2.27. The fourth-order valence-electron chi connectivity index (χ4n) is 3.39. The van der Waals surface area contributed by atoms with Gasteiger partial charge in [0.25, 0.3) is 5.56 Å². The average molecular weight is 536 g/mol. The number of anilines is 1. The van der Waals surface area contributed by atoms with Crippen LogP contribution in [0.4, 0.5) is 10.5 Å². The highest BCUT2D eigenvalue weighted by atomic mass is 79.9. The van der Waals surface area contributed by atoms with Crippen molar-refractivity contribution in [1.29, 1.82) is 0 Å². The van der Waals surface area contributed by atoms with Gasteiger partial charge in [0.15, 0.2) is 0 Å². The quantitative estimate of drug-likeness (QED) is 0.385. The first kappa shape index (κ1) is 24.8. The zero-order valence-electron chi connectivity index (χ0n) is 17.6. The molecular weight excluding hydrogens is 512 g/mol. The van der Waals surface area contributed by atoms with E-state index >= 15 is 0 Å². The lowest BCUT2D eigenvalue weighted by molar-refractivity contribution is -0.137. The van der Waals surface area contributed by atoms with Gasteiger partial charge in [0, 0.05) is 17.8 Å². The molecule has 1 aromatic heterocycles. The highest BCUT2D eigenvalue weighted by Crippen LogP contribution is 2.30. The Balaban J connectivity index is 1.73. The van der Waals surface area contributed by atoms with Crippen LogP contribution in [0, 0.1) is 0 Å². The summed E-state index contributed by atoms with van der Waals surface area (Å²) < 4.78 is 1.05. The fourth-order valence-corrected chi connectivity index (χ4v) is 3.88. The van der Waals surface area contributed by atoms with Crippen molar-refractivity contribution in [3.63, 3.8) is 0 Å². The summed E-state index contributed by atoms with van der Waals surface area (Å²) in [4.78, 5) is 36.8. The minimum atomic E-state index is -1.06. The van der Waals surface area contributed by atoms with Gasteiger partial charge in [0.2, 0.25) is 0 Å². The lowest BCUT2D eigenvalue weighted by Gasteiger charge is -2.27. The van der Waals surface area contributed by atoms with Crippen molar-refractivity contribution >= 4 is 45.2 Å². The van der Waals surface area contributed by atoms with E-state index in [9.17, 15) is 19.5 Å². The van der Waals surface area contributed by atoms with Crippen molar-refractivity contribution in [3.05, 3.63) is 87.3 Å². The Bertz CT molecular complexity index is 1160. The SMILES string of the molecule is NCC1(Br)C=CC(C(CC(=O)O)NC(=O)Nc2cccn(Cc3ccccc3Cl)c2=O)=CC1. The number of carbonyl (C=O) groups excluding carboxylic acids is 1. The van der Waals surface area contributed by atoms with E-state index in [0.717, 1.165) is 5.56 Å². The molecule has 0 spiro atoms. The molecule has 0 saturated carbocycles. The van der Waals surface area contributed by atoms with Gasteiger partial charge >= 0.3 is 12.0 Å². The Labute approximate surface area is 204 Å². The summed E-state index contributed by atoms with van der Waals surface area (Å²) in [6.07, 6.45) is 7.28. The number of urea groups is 1. The van der Waals surface area contributed by atoms with Crippen LogP contribution in [0.15, 0.2) is 71.2 Å². The maximum Gasteiger partial charge on any atom is 0.319 e. The average Bonchev–Trinajstić information content (AvgIpc) is 2.78. The number of nitrogens with zero attached hydrogens (tertiary/aromatic N) is 1. The van der Waals surface area contributed by atoms with Crippen molar-refractivity contribution in [3.8, 4) is 0 Å². The van der Waals surface area contributed by atoms with Crippen molar-refractivity contribution < 1.29 is 14.7 Å². The fraction of sp³-hybridized carbons (Fsp3) is 0.261. The number of allylic oxidation sites excluding steroid dienone is 1. The van der Waals surface area contributed by atoms with Gasteiger partial charge in [-0.2, -0.15) is 0 Å². The minimum Gasteiger partial charge on any atom is -0.481 e. The smallest absolute Gasteiger partial charge is 0.319 e. The molecule has 174 valence electrons. The van der Waals surface area contributed by atoms with Crippen molar-refractivity contribution in [1.82, 2.24) is 9.88 Å². The number of nitrogens with two attached hydrogens (primary N) is 1. The number of carboxylic acids is 1. The third-order valence-electron chi connectivity index (χ3n) is 5.24. The molecule has 2 aromatic rings. The lowest BCUT2D eigenvalue weighted by Crippen LogP contribution is -2.42. The number of pyridine rings is 1. The van der Waals surface area contributed by atoms with E-state index in [1.54, 1.807) is 30.5 Å². The van der Waals surface area contributed by atoms with E-state index < -0.39 is 23.6 Å². The number of hydrogen-bond acceptors (Lipinski definition) is 4. The molecule has 2 amide bonds. The Morgan fingerprint density at radius 1 is 1.27 bits per heavy atom. The summed E-state index contributed by atoms with van der Waals surface area (Å²) in [5.74, 6) is -1.06. The first-order chi connectivity index (χ1) is 15.7. The topological polar surface area (TPSA) is 126 Å². The molecule has 8 nitrogen and oxygen atoms in total. The number of halogens is 2. The van der Waals surface area contributed by atoms with Gasteiger partial charge in [-0.1, -0.05) is 64.0 Å².